The molecular weight excluding hydrogens is 452 g/mol. The van der Waals surface area contributed by atoms with E-state index in [9.17, 15) is 8.42 Å². The van der Waals surface area contributed by atoms with Crippen molar-refractivity contribution in [1.29, 1.82) is 5.26 Å². The van der Waals surface area contributed by atoms with Crippen molar-refractivity contribution in [3.05, 3.63) is 59.9 Å². The first-order valence-corrected chi connectivity index (χ1v) is 12.3. The summed E-state index contributed by atoms with van der Waals surface area (Å²) in [6.45, 7) is 0.981. The van der Waals surface area contributed by atoms with E-state index in [0.29, 0.717) is 37.2 Å². The quantitative estimate of drug-likeness (QED) is 0.291. The third kappa shape index (κ3) is 5.09. The molecule has 0 unspecified atom stereocenters. The van der Waals surface area contributed by atoms with Crippen LogP contribution >= 0.6 is 0 Å². The number of aliphatic imine (C=N–C) groups is 1. The maximum Gasteiger partial charge on any atom is 0.240 e. The number of aromatic nitrogens is 2. The Labute approximate surface area is 197 Å². The number of nitrogens with zero attached hydrogens (tertiary/aromatic N) is 3. The Morgan fingerprint density at radius 2 is 2.15 bits per heavy atom. The Balaban J connectivity index is 1.47. The van der Waals surface area contributed by atoms with E-state index in [1.807, 2.05) is 18.3 Å². The highest BCUT2D eigenvalue weighted by atomic mass is 32.2. The van der Waals surface area contributed by atoms with E-state index < -0.39 is 10.0 Å². The van der Waals surface area contributed by atoms with Crippen LogP contribution in [0.1, 0.15) is 24.0 Å². The molecule has 10 nitrogen and oxygen atoms in total. The number of aromatic amines is 1. The lowest BCUT2D eigenvalue weighted by Crippen LogP contribution is -2.49. The molecule has 0 saturated heterocycles. The van der Waals surface area contributed by atoms with Crippen molar-refractivity contribution in [2.24, 2.45) is 16.5 Å². The predicted molar refractivity (Wildman–Crippen MR) is 133 cm³/mol. The molecule has 11 heteroatoms. The maximum absolute atomic E-state index is 12.7. The van der Waals surface area contributed by atoms with Gasteiger partial charge in [-0.3, -0.25) is 4.99 Å². The lowest BCUT2D eigenvalue weighted by atomic mass is 9.87. The number of anilines is 1. The van der Waals surface area contributed by atoms with Gasteiger partial charge in [-0.2, -0.15) is 5.26 Å². The fourth-order valence-electron chi connectivity index (χ4n) is 3.81. The second kappa shape index (κ2) is 10.0. The van der Waals surface area contributed by atoms with Crippen LogP contribution in [0.3, 0.4) is 0 Å². The molecule has 1 fully saturated rings. The normalized spacial score (nSPS) is 18.6. The Morgan fingerprint density at radius 3 is 2.91 bits per heavy atom. The monoisotopic (exact) mass is 478 g/mol. The molecule has 0 amide bonds. The van der Waals surface area contributed by atoms with Gasteiger partial charge in [-0.1, -0.05) is 6.07 Å². The number of nitrogens with one attached hydrogen (secondary N) is 3. The first-order valence-electron chi connectivity index (χ1n) is 10.8. The van der Waals surface area contributed by atoms with Crippen LogP contribution in [0.15, 0.2) is 58.7 Å². The zero-order chi connectivity index (χ0) is 24.1. The molecule has 0 aliphatic heterocycles. The third-order valence-electron chi connectivity index (χ3n) is 5.60. The number of fused-ring (bicyclic) bond motifs is 1. The van der Waals surface area contributed by atoms with Gasteiger partial charge in [0.25, 0.3) is 0 Å². The highest BCUT2D eigenvalue weighted by molar-refractivity contribution is 7.89. The van der Waals surface area contributed by atoms with Crippen molar-refractivity contribution >= 4 is 38.7 Å². The minimum atomic E-state index is -3.71. The van der Waals surface area contributed by atoms with Gasteiger partial charge in [0.15, 0.2) is 0 Å². The van der Waals surface area contributed by atoms with Crippen molar-refractivity contribution in [3.63, 3.8) is 0 Å². The van der Waals surface area contributed by atoms with E-state index in [4.69, 9.17) is 16.7 Å². The molecule has 34 heavy (non-hydrogen) atoms. The van der Waals surface area contributed by atoms with Gasteiger partial charge in [-0.25, -0.2) is 18.1 Å². The molecule has 2 aromatic heterocycles. The van der Waals surface area contributed by atoms with E-state index in [1.54, 1.807) is 30.6 Å². The maximum atomic E-state index is 12.7. The van der Waals surface area contributed by atoms with Crippen LogP contribution < -0.4 is 21.5 Å². The standard InChI is InChI=1S/C23H26N8O2S/c24-6-9-27-7-5-21(26)20-14-29-23-19(4-8-28-23)22(20)30-16-11-17(12-16)31-34(32,33)18-3-1-2-15(10-18)13-25/h1-5,7-8,10,14,16-17,31H,6,9,11-12,24,26H2,(H2,28,29,30)/b21-5-,27-7?. The zero-order valence-electron chi connectivity index (χ0n) is 18.4. The van der Waals surface area contributed by atoms with Crippen LogP contribution in [0, 0.1) is 11.3 Å². The molecule has 1 aliphatic carbocycles. The predicted octanol–water partition coefficient (Wildman–Crippen LogP) is 1.69. The van der Waals surface area contributed by atoms with E-state index in [1.165, 1.54) is 12.1 Å². The minimum absolute atomic E-state index is 0.0519. The van der Waals surface area contributed by atoms with Gasteiger partial charge >= 0.3 is 0 Å². The Kier molecular flexibility index (Phi) is 6.93. The molecule has 0 spiro atoms. The van der Waals surface area contributed by atoms with Gasteiger partial charge in [0, 0.05) is 53.9 Å². The van der Waals surface area contributed by atoms with Crippen molar-refractivity contribution in [2.75, 3.05) is 18.4 Å². The molecule has 0 atom stereocenters. The van der Waals surface area contributed by atoms with E-state index in [2.05, 4.69) is 25.0 Å². The number of hydrogen-bond acceptors (Lipinski definition) is 8. The number of H-pyrrole nitrogens is 1. The van der Waals surface area contributed by atoms with Crippen molar-refractivity contribution in [2.45, 2.75) is 29.8 Å². The Morgan fingerprint density at radius 1 is 1.32 bits per heavy atom. The number of nitriles is 1. The molecule has 0 bridgehead atoms. The number of pyridine rings is 1. The molecular formula is C23H26N8O2S. The van der Waals surface area contributed by atoms with Crippen LogP contribution in [0.25, 0.3) is 16.7 Å². The smallest absolute Gasteiger partial charge is 0.240 e. The molecule has 1 saturated carbocycles. The summed E-state index contributed by atoms with van der Waals surface area (Å²) in [5.74, 6) is 0. The van der Waals surface area contributed by atoms with E-state index in [0.717, 1.165) is 22.3 Å². The molecule has 1 aromatic carbocycles. The van der Waals surface area contributed by atoms with Gasteiger partial charge in [-0.15, -0.1) is 0 Å². The summed E-state index contributed by atoms with van der Waals surface area (Å²) >= 11 is 0. The molecule has 7 N–H and O–H groups in total. The topological polar surface area (TPSA) is 175 Å². The molecule has 2 heterocycles. The number of nitrogens with two attached hydrogens (primary N) is 2. The van der Waals surface area contributed by atoms with Crippen LogP contribution in [-0.2, 0) is 10.0 Å². The largest absolute Gasteiger partial charge is 0.398 e. The number of hydrogen-bond donors (Lipinski definition) is 5. The van der Waals surface area contributed by atoms with E-state index >= 15 is 0 Å². The number of sulfonamides is 1. The molecule has 176 valence electrons. The highest BCUT2D eigenvalue weighted by Gasteiger charge is 2.33. The average molecular weight is 479 g/mol. The minimum Gasteiger partial charge on any atom is -0.398 e. The fraction of sp³-hybridized carbons (Fsp3) is 0.261. The fourth-order valence-corrected chi connectivity index (χ4v) is 5.12. The van der Waals surface area contributed by atoms with Crippen LogP contribution in [0.4, 0.5) is 5.69 Å². The number of rotatable bonds is 9. The summed E-state index contributed by atoms with van der Waals surface area (Å²) in [6.07, 6.45) is 8.05. The summed E-state index contributed by atoms with van der Waals surface area (Å²) in [4.78, 5) is 11.8. The number of allylic oxidation sites excluding steroid dienone is 1. The van der Waals surface area contributed by atoms with Crippen molar-refractivity contribution in [3.8, 4) is 6.07 Å². The van der Waals surface area contributed by atoms with Crippen molar-refractivity contribution < 1.29 is 8.42 Å². The first kappa shape index (κ1) is 23.4. The second-order valence-electron chi connectivity index (χ2n) is 8.02. The summed E-state index contributed by atoms with van der Waals surface area (Å²) in [5.41, 5.74) is 14.9. The molecule has 3 aromatic rings. The van der Waals surface area contributed by atoms with Crippen LogP contribution in [0.5, 0.6) is 0 Å². The number of benzene rings is 1. The summed E-state index contributed by atoms with van der Waals surface area (Å²) in [6, 6.07) is 9.71. The summed E-state index contributed by atoms with van der Waals surface area (Å²) < 4.78 is 28.1. The highest BCUT2D eigenvalue weighted by Crippen LogP contribution is 2.33. The van der Waals surface area contributed by atoms with Gasteiger partial charge in [0.1, 0.15) is 5.65 Å². The van der Waals surface area contributed by atoms with Gasteiger partial charge in [0.2, 0.25) is 10.0 Å². The van der Waals surface area contributed by atoms with Crippen molar-refractivity contribution in [1.82, 2.24) is 14.7 Å². The lowest BCUT2D eigenvalue weighted by molar-refractivity contribution is 0.346. The summed E-state index contributed by atoms with van der Waals surface area (Å²) in [5, 5.41) is 13.4. The average Bonchev–Trinajstić information content (AvgIpc) is 3.29. The van der Waals surface area contributed by atoms with Gasteiger partial charge < -0.3 is 21.8 Å². The third-order valence-corrected chi connectivity index (χ3v) is 7.12. The molecule has 4 rings (SSSR count). The SMILES string of the molecule is N#Cc1cccc(S(=O)(=O)NC2CC(Nc3c(/C(N)=C/C=NCCN)cnc4[nH]ccc34)C2)c1. The zero-order valence-corrected chi connectivity index (χ0v) is 19.2. The Bertz CT molecular complexity index is 1380. The van der Waals surface area contributed by atoms with Crippen LogP contribution in [-0.4, -0.2) is 49.8 Å². The Hall–Kier alpha value is -3.72. The van der Waals surface area contributed by atoms with Gasteiger partial charge in [0.05, 0.1) is 28.8 Å². The van der Waals surface area contributed by atoms with Crippen LogP contribution in [0.2, 0.25) is 0 Å². The first-order chi connectivity index (χ1) is 16.4. The second-order valence-corrected chi connectivity index (χ2v) is 9.74. The van der Waals surface area contributed by atoms with Gasteiger partial charge in [-0.05, 0) is 43.2 Å². The lowest BCUT2D eigenvalue weighted by Gasteiger charge is -2.37. The van der Waals surface area contributed by atoms with E-state index in [-0.39, 0.29) is 17.0 Å². The summed E-state index contributed by atoms with van der Waals surface area (Å²) in [7, 11) is -3.71. The molecule has 0 radical (unpaired) electrons. The molecule has 1 aliphatic rings.